The van der Waals surface area contributed by atoms with Gasteiger partial charge in [-0.05, 0) is 30.3 Å². The highest BCUT2D eigenvalue weighted by Gasteiger charge is 2.24. The zero-order valence-corrected chi connectivity index (χ0v) is 11.0. The van der Waals surface area contributed by atoms with Gasteiger partial charge < -0.3 is 15.7 Å². The number of nitrogens with one attached hydrogen (secondary N) is 2. The van der Waals surface area contributed by atoms with Crippen molar-refractivity contribution in [3.8, 4) is 0 Å². The van der Waals surface area contributed by atoms with Crippen molar-refractivity contribution in [2.24, 2.45) is 5.92 Å². The summed E-state index contributed by atoms with van der Waals surface area (Å²) in [5, 5.41) is 14.3. The molecule has 0 spiro atoms. The van der Waals surface area contributed by atoms with Crippen molar-refractivity contribution in [1.29, 1.82) is 0 Å². The lowest BCUT2D eigenvalue weighted by molar-refractivity contribution is -0.140. The van der Waals surface area contributed by atoms with Crippen LogP contribution in [-0.2, 0) is 4.79 Å². The number of carbonyl (C=O) groups excluding carboxylic acids is 1. The number of carboxylic acid groups (broad SMARTS) is 1. The van der Waals surface area contributed by atoms with Gasteiger partial charge in [-0.15, -0.1) is 0 Å². The van der Waals surface area contributed by atoms with Crippen molar-refractivity contribution >= 4 is 23.8 Å². The first-order valence-electron chi connectivity index (χ1n) is 5.88. The zero-order valence-electron chi connectivity index (χ0n) is 10.2. The quantitative estimate of drug-likeness (QED) is 0.711. The molecular weight excluding hydrogens is 240 g/mol. The van der Waals surface area contributed by atoms with E-state index in [1.807, 2.05) is 11.8 Å². The molecule has 0 unspecified atom stereocenters. The van der Waals surface area contributed by atoms with Crippen LogP contribution in [0.4, 0.5) is 4.79 Å². The third kappa shape index (κ3) is 4.85. The molecule has 0 bridgehead atoms. The van der Waals surface area contributed by atoms with Gasteiger partial charge in [0.15, 0.2) is 0 Å². The van der Waals surface area contributed by atoms with Gasteiger partial charge in [0, 0.05) is 6.04 Å². The number of hydrogen-bond acceptors (Lipinski definition) is 3. The van der Waals surface area contributed by atoms with Gasteiger partial charge in [-0.1, -0.05) is 13.8 Å². The molecule has 1 heterocycles. The van der Waals surface area contributed by atoms with Crippen LogP contribution in [-0.4, -0.2) is 40.7 Å². The van der Waals surface area contributed by atoms with E-state index in [9.17, 15) is 9.59 Å². The van der Waals surface area contributed by atoms with Crippen molar-refractivity contribution in [2.45, 2.75) is 38.8 Å². The Morgan fingerprint density at radius 2 is 1.88 bits per heavy atom. The third-order valence-electron chi connectivity index (χ3n) is 2.78. The number of thioether (sulfide) groups is 1. The number of carboxylic acids is 1. The van der Waals surface area contributed by atoms with Gasteiger partial charge >= 0.3 is 12.0 Å². The topological polar surface area (TPSA) is 78.4 Å². The molecule has 3 N–H and O–H groups in total. The van der Waals surface area contributed by atoms with E-state index in [0.29, 0.717) is 0 Å². The molecule has 0 aromatic rings. The van der Waals surface area contributed by atoms with Gasteiger partial charge in [0.1, 0.15) is 6.04 Å². The maximum absolute atomic E-state index is 11.6. The summed E-state index contributed by atoms with van der Waals surface area (Å²) in [5.41, 5.74) is 0. The van der Waals surface area contributed by atoms with E-state index in [2.05, 4.69) is 10.6 Å². The largest absolute Gasteiger partial charge is 0.480 e. The normalized spacial score (nSPS) is 18.8. The molecular formula is C11H20N2O3S. The fourth-order valence-electron chi connectivity index (χ4n) is 1.72. The highest BCUT2D eigenvalue weighted by molar-refractivity contribution is 7.99. The number of hydrogen-bond donors (Lipinski definition) is 3. The second-order valence-corrected chi connectivity index (χ2v) is 5.79. The van der Waals surface area contributed by atoms with E-state index in [4.69, 9.17) is 5.11 Å². The molecule has 1 rings (SSSR count). The molecule has 1 fully saturated rings. The summed E-state index contributed by atoms with van der Waals surface area (Å²) in [4.78, 5) is 22.6. The summed E-state index contributed by atoms with van der Waals surface area (Å²) in [6.07, 6.45) is 1.91. The van der Waals surface area contributed by atoms with Gasteiger partial charge in [0.2, 0.25) is 0 Å². The minimum atomic E-state index is -0.991. The van der Waals surface area contributed by atoms with Crippen LogP contribution >= 0.6 is 11.8 Å². The predicted octanol–water partition coefficient (Wildman–Crippen LogP) is 1.29. The number of amides is 2. The molecule has 0 aliphatic carbocycles. The Bertz CT molecular complexity index is 278. The fraction of sp³-hybridized carbons (Fsp3) is 0.818. The van der Waals surface area contributed by atoms with Crippen LogP contribution in [0.2, 0.25) is 0 Å². The van der Waals surface area contributed by atoms with Crippen LogP contribution in [0.3, 0.4) is 0 Å². The Hall–Kier alpha value is -0.910. The maximum Gasteiger partial charge on any atom is 0.326 e. The molecule has 98 valence electrons. The molecule has 1 atom stereocenters. The minimum absolute atomic E-state index is 0.125. The Kier molecular flexibility index (Phi) is 5.61. The summed E-state index contributed by atoms with van der Waals surface area (Å²) in [6, 6.07) is -1.02. The maximum atomic E-state index is 11.6. The third-order valence-corrected chi connectivity index (χ3v) is 3.82. The van der Waals surface area contributed by atoms with Crippen LogP contribution in [0.25, 0.3) is 0 Å². The average molecular weight is 260 g/mol. The first-order chi connectivity index (χ1) is 8.00. The Morgan fingerprint density at radius 3 is 2.35 bits per heavy atom. The van der Waals surface area contributed by atoms with Crippen molar-refractivity contribution < 1.29 is 14.7 Å². The molecule has 6 heteroatoms. The van der Waals surface area contributed by atoms with Crippen LogP contribution in [0.15, 0.2) is 0 Å². The van der Waals surface area contributed by atoms with E-state index in [1.54, 1.807) is 13.8 Å². The summed E-state index contributed by atoms with van der Waals surface area (Å²) < 4.78 is 0. The summed E-state index contributed by atoms with van der Waals surface area (Å²) >= 11 is 1.88. The molecule has 0 aromatic carbocycles. The van der Waals surface area contributed by atoms with E-state index in [0.717, 1.165) is 24.3 Å². The van der Waals surface area contributed by atoms with Crippen LogP contribution < -0.4 is 10.6 Å². The molecule has 1 aliphatic heterocycles. The Balaban J connectivity index is 2.38. The van der Waals surface area contributed by atoms with Crippen LogP contribution in [0.1, 0.15) is 26.7 Å². The van der Waals surface area contributed by atoms with Gasteiger partial charge in [0.05, 0.1) is 0 Å². The highest BCUT2D eigenvalue weighted by Crippen LogP contribution is 2.16. The summed E-state index contributed by atoms with van der Waals surface area (Å²) in [5.74, 6) is 0.990. The van der Waals surface area contributed by atoms with Crippen molar-refractivity contribution in [3.05, 3.63) is 0 Å². The Morgan fingerprint density at radius 1 is 1.29 bits per heavy atom. The lowest BCUT2D eigenvalue weighted by Crippen LogP contribution is -2.51. The number of rotatable bonds is 4. The summed E-state index contributed by atoms with van der Waals surface area (Å²) in [7, 11) is 0. The molecule has 5 nitrogen and oxygen atoms in total. The lowest BCUT2D eigenvalue weighted by Gasteiger charge is -2.24. The highest BCUT2D eigenvalue weighted by atomic mass is 32.2. The number of carbonyl (C=O) groups is 2. The molecule has 1 aliphatic rings. The number of aliphatic carboxylic acids is 1. The Labute approximate surface area is 106 Å². The van der Waals surface area contributed by atoms with Crippen LogP contribution in [0.5, 0.6) is 0 Å². The zero-order chi connectivity index (χ0) is 12.8. The van der Waals surface area contributed by atoms with Crippen molar-refractivity contribution in [3.63, 3.8) is 0 Å². The number of urea groups is 1. The van der Waals surface area contributed by atoms with Gasteiger partial charge in [-0.2, -0.15) is 11.8 Å². The first kappa shape index (κ1) is 14.2. The van der Waals surface area contributed by atoms with Crippen molar-refractivity contribution in [2.75, 3.05) is 11.5 Å². The van der Waals surface area contributed by atoms with E-state index < -0.39 is 12.0 Å². The predicted molar refractivity (Wildman–Crippen MR) is 68.3 cm³/mol. The monoisotopic (exact) mass is 260 g/mol. The minimum Gasteiger partial charge on any atom is -0.480 e. The molecule has 1 saturated heterocycles. The second kappa shape index (κ2) is 6.74. The summed E-state index contributed by atoms with van der Waals surface area (Å²) in [6.45, 7) is 3.55. The molecule has 17 heavy (non-hydrogen) atoms. The second-order valence-electron chi connectivity index (χ2n) is 4.56. The standard InChI is InChI=1S/C11H20N2O3S/c1-7(2)9(10(14)15)13-11(16)12-8-3-5-17-6-4-8/h7-9H,3-6H2,1-2H3,(H,14,15)(H2,12,13,16)/t9-/m1/s1. The lowest BCUT2D eigenvalue weighted by atomic mass is 10.1. The van der Waals surface area contributed by atoms with Gasteiger partial charge in [-0.3, -0.25) is 0 Å². The first-order valence-corrected chi connectivity index (χ1v) is 7.03. The van der Waals surface area contributed by atoms with Gasteiger partial charge in [-0.25, -0.2) is 9.59 Å². The van der Waals surface area contributed by atoms with Crippen LogP contribution in [0, 0.1) is 5.92 Å². The molecule has 0 saturated carbocycles. The molecule has 0 radical (unpaired) electrons. The van der Waals surface area contributed by atoms with Crippen molar-refractivity contribution in [1.82, 2.24) is 10.6 Å². The SMILES string of the molecule is CC(C)[C@@H](NC(=O)NC1CCSCC1)C(=O)O. The molecule has 0 aromatic heterocycles. The van der Waals surface area contributed by atoms with Gasteiger partial charge in [0.25, 0.3) is 0 Å². The molecule has 2 amide bonds. The fourth-order valence-corrected chi connectivity index (χ4v) is 2.83. The van der Waals surface area contributed by atoms with E-state index in [-0.39, 0.29) is 18.0 Å². The smallest absolute Gasteiger partial charge is 0.326 e. The van der Waals surface area contributed by atoms with E-state index >= 15 is 0 Å². The average Bonchev–Trinajstić information content (AvgIpc) is 2.26. The van der Waals surface area contributed by atoms with E-state index in [1.165, 1.54) is 0 Å².